The molecule has 0 radical (unpaired) electrons. The van der Waals surface area contributed by atoms with Crippen LogP contribution in [0.4, 0.5) is 4.79 Å². The summed E-state index contributed by atoms with van der Waals surface area (Å²) >= 11 is 2.75. The third-order valence-corrected chi connectivity index (χ3v) is 4.54. The molecule has 1 rings (SSSR count). The first-order valence-corrected chi connectivity index (χ1v) is 8.41. The van der Waals surface area contributed by atoms with Gasteiger partial charge < -0.3 is 0 Å². The average molecular weight is 347 g/mol. The Morgan fingerprint density at radius 2 is 2.00 bits per heavy atom. The van der Waals surface area contributed by atoms with Gasteiger partial charge in [0.2, 0.25) is 0 Å². The Labute approximate surface area is 112 Å². The van der Waals surface area contributed by atoms with Crippen LogP contribution in [0.15, 0.2) is 28.7 Å². The second kappa shape index (κ2) is 5.88. The molecule has 0 aliphatic carbocycles. The van der Waals surface area contributed by atoms with Crippen molar-refractivity contribution in [3.63, 3.8) is 0 Å². The van der Waals surface area contributed by atoms with Gasteiger partial charge in [0.1, 0.15) is 0 Å². The van der Waals surface area contributed by atoms with E-state index in [0.29, 0.717) is 0 Å². The molecule has 0 aliphatic heterocycles. The van der Waals surface area contributed by atoms with Gasteiger partial charge in [-0.05, 0) is 0 Å². The van der Waals surface area contributed by atoms with Crippen LogP contribution in [0.5, 0.6) is 0 Å². The van der Waals surface area contributed by atoms with Crippen LogP contribution in [0.2, 0.25) is 0 Å². The summed E-state index contributed by atoms with van der Waals surface area (Å²) in [6, 6.07) is 8.00. The van der Waals surface area contributed by atoms with Crippen molar-refractivity contribution in [3.05, 3.63) is 34.3 Å². The van der Waals surface area contributed by atoms with Gasteiger partial charge >= 0.3 is 112 Å². The van der Waals surface area contributed by atoms with Crippen molar-refractivity contribution >= 4 is 36.4 Å². The van der Waals surface area contributed by atoms with Gasteiger partial charge in [-0.1, -0.05) is 0 Å². The first-order chi connectivity index (χ1) is 7.38. The van der Waals surface area contributed by atoms with Crippen molar-refractivity contribution in [2.75, 3.05) is 0 Å². The Kier molecular flexibility index (Phi) is 5.07. The molecule has 16 heavy (non-hydrogen) atoms. The summed E-state index contributed by atoms with van der Waals surface area (Å²) in [6.07, 6.45) is 0. The first kappa shape index (κ1) is 13.8. The topological polar surface area (TPSA) is 26.3 Å². The Bertz CT molecular complexity index is 372. The molecular weight excluding hydrogens is 331 g/mol. The van der Waals surface area contributed by atoms with Gasteiger partial charge in [0.15, 0.2) is 0 Å². The van der Waals surface area contributed by atoms with Gasteiger partial charge in [0, 0.05) is 0 Å². The molecule has 0 aromatic heterocycles. The van der Waals surface area contributed by atoms with Crippen molar-refractivity contribution in [3.8, 4) is 0 Å². The molecule has 0 fully saturated rings. The predicted octanol–water partition coefficient (Wildman–Crippen LogP) is 3.32. The molecule has 0 heterocycles. The van der Waals surface area contributed by atoms with E-state index in [1.807, 2.05) is 45.0 Å². The number of ether oxygens (including phenoxy) is 1. The Morgan fingerprint density at radius 3 is 2.56 bits per heavy atom. The quantitative estimate of drug-likeness (QED) is 0.785. The van der Waals surface area contributed by atoms with Gasteiger partial charge in [0.05, 0.1) is 0 Å². The summed E-state index contributed by atoms with van der Waals surface area (Å²) in [4.78, 5) is 11.6. The van der Waals surface area contributed by atoms with E-state index in [1.54, 1.807) is 0 Å². The number of rotatable bonds is 3. The molecule has 1 aromatic rings. The number of carbonyl (C=O) groups is 1. The Hall–Kier alpha value is -0.272. The van der Waals surface area contributed by atoms with E-state index in [0.717, 1.165) is 9.68 Å². The van der Waals surface area contributed by atoms with E-state index in [1.165, 1.54) is 5.56 Å². The fraction of sp³-hybridized carbons (Fsp3) is 0.417. The molecule has 0 aliphatic rings. The van der Waals surface area contributed by atoms with E-state index in [2.05, 4.69) is 15.9 Å². The zero-order valence-electron chi connectivity index (χ0n) is 9.71. The molecule has 1 atom stereocenters. The van der Waals surface area contributed by atoms with Crippen LogP contribution in [-0.2, 0) is 9.95 Å². The van der Waals surface area contributed by atoms with E-state index in [4.69, 9.17) is 4.74 Å². The normalized spacial score (nSPS) is 12.0. The third-order valence-electron chi connectivity index (χ3n) is 1.78. The van der Waals surface area contributed by atoms with Crippen molar-refractivity contribution < 1.29 is 9.53 Å². The van der Waals surface area contributed by atoms with Crippen LogP contribution < -0.4 is 0 Å². The number of hydrogen-bond acceptors (Lipinski definition) is 2. The molecule has 0 amide bonds. The molecule has 4 heteroatoms. The summed E-state index contributed by atoms with van der Waals surface area (Å²) in [6.45, 7) is 5.69. The van der Waals surface area contributed by atoms with Gasteiger partial charge in [-0.15, -0.1) is 0 Å². The molecule has 1 unspecified atom stereocenters. The fourth-order valence-electron chi connectivity index (χ4n) is 1.12. The second-order valence-electron chi connectivity index (χ2n) is 4.45. The van der Waals surface area contributed by atoms with E-state index < -0.39 is 15.8 Å². The summed E-state index contributed by atoms with van der Waals surface area (Å²) in [5.41, 5.74) is 0.822. The number of carbonyl (C=O) groups excluding carboxylic acids is 1. The zero-order valence-corrected chi connectivity index (χ0v) is 13.4. The summed E-state index contributed by atoms with van der Waals surface area (Å²) in [5.74, 6) is 0. The SMILES string of the molecule is CC(C)(C)OC(=O)[AsH]Cc1ccccc1Br. The molecular formula is C12H16AsBrO2. The van der Waals surface area contributed by atoms with Crippen molar-refractivity contribution in [2.45, 2.75) is 31.6 Å². The van der Waals surface area contributed by atoms with Crippen LogP contribution in [0.3, 0.4) is 0 Å². The molecule has 0 spiro atoms. The average Bonchev–Trinajstić information content (AvgIpc) is 2.14. The minimum absolute atomic E-state index is 0.0248. The second-order valence-corrected chi connectivity index (χ2v) is 7.64. The van der Waals surface area contributed by atoms with Crippen molar-refractivity contribution in [1.29, 1.82) is 0 Å². The summed E-state index contributed by atoms with van der Waals surface area (Å²) < 4.78 is 6.35. The molecule has 0 bridgehead atoms. The van der Waals surface area contributed by atoms with Crippen LogP contribution in [-0.4, -0.2) is 26.1 Å². The zero-order chi connectivity index (χ0) is 12.2. The van der Waals surface area contributed by atoms with Crippen LogP contribution in [0, 0.1) is 0 Å². The summed E-state index contributed by atoms with van der Waals surface area (Å²) in [5, 5.41) is 0.830. The summed E-state index contributed by atoms with van der Waals surface area (Å²) in [7, 11) is 0. The maximum atomic E-state index is 11.6. The van der Waals surface area contributed by atoms with Crippen molar-refractivity contribution in [2.24, 2.45) is 0 Å². The van der Waals surface area contributed by atoms with Crippen LogP contribution >= 0.6 is 15.9 Å². The molecule has 88 valence electrons. The van der Waals surface area contributed by atoms with E-state index in [-0.39, 0.29) is 10.4 Å². The van der Waals surface area contributed by atoms with Crippen molar-refractivity contribution in [1.82, 2.24) is 0 Å². The molecule has 0 saturated heterocycles. The molecule has 0 saturated carbocycles. The van der Waals surface area contributed by atoms with Gasteiger partial charge in [-0.25, -0.2) is 0 Å². The van der Waals surface area contributed by atoms with E-state index in [9.17, 15) is 4.79 Å². The predicted molar refractivity (Wildman–Crippen MR) is 71.2 cm³/mol. The van der Waals surface area contributed by atoms with Crippen LogP contribution in [0.25, 0.3) is 0 Å². The van der Waals surface area contributed by atoms with Gasteiger partial charge in [-0.2, -0.15) is 0 Å². The monoisotopic (exact) mass is 346 g/mol. The third kappa shape index (κ3) is 5.18. The van der Waals surface area contributed by atoms with Crippen LogP contribution in [0.1, 0.15) is 26.3 Å². The van der Waals surface area contributed by atoms with Gasteiger partial charge in [0.25, 0.3) is 0 Å². The fourth-order valence-corrected chi connectivity index (χ4v) is 4.23. The van der Waals surface area contributed by atoms with Gasteiger partial charge in [-0.3, -0.25) is 0 Å². The molecule has 1 aromatic carbocycles. The number of benzene rings is 1. The Balaban J connectivity index is 2.47. The Morgan fingerprint density at radius 1 is 1.38 bits per heavy atom. The number of hydrogen-bond donors (Lipinski definition) is 0. The maximum absolute atomic E-state index is 11.6. The van der Waals surface area contributed by atoms with E-state index >= 15 is 0 Å². The first-order valence-electron chi connectivity index (χ1n) is 5.09. The minimum atomic E-state index is -0.728. The number of halogens is 1. The molecule has 2 nitrogen and oxygen atoms in total. The molecule has 0 N–H and O–H groups in total. The standard InChI is InChI=1S/C12H16AsBrO2/c1-12(2,3)16-11(15)13-8-9-6-4-5-7-10(9)14/h4-7,13H,8H2,1-3H3.